The molecule has 1 aromatic carbocycles. The number of aryl methyl sites for hydroxylation is 2. The number of hydrogen-bond acceptors (Lipinski definition) is 3. The zero-order chi connectivity index (χ0) is 16.5. The summed E-state index contributed by atoms with van der Waals surface area (Å²) in [6.45, 7) is 6.09. The molecule has 2 aromatic rings. The van der Waals surface area contributed by atoms with Gasteiger partial charge < -0.3 is 10.1 Å². The molecule has 1 aliphatic heterocycles. The van der Waals surface area contributed by atoms with Gasteiger partial charge in [0.25, 0.3) is 0 Å². The molecule has 0 radical (unpaired) electrons. The molecule has 1 N–H and O–H groups in total. The molecule has 2 heterocycles. The van der Waals surface area contributed by atoms with Gasteiger partial charge in [-0.25, -0.2) is 4.68 Å². The highest BCUT2D eigenvalue weighted by atomic mass is 16.5. The van der Waals surface area contributed by atoms with Gasteiger partial charge >= 0.3 is 0 Å². The van der Waals surface area contributed by atoms with Crippen LogP contribution in [0.25, 0.3) is 5.69 Å². The van der Waals surface area contributed by atoms with E-state index in [1.807, 2.05) is 0 Å². The molecule has 4 nitrogen and oxygen atoms in total. The average Bonchev–Trinajstić information content (AvgIpc) is 3.00. The Labute approximate surface area is 144 Å². The van der Waals surface area contributed by atoms with Gasteiger partial charge in [0.15, 0.2) is 0 Å². The van der Waals surface area contributed by atoms with E-state index >= 15 is 0 Å². The Morgan fingerprint density at radius 2 is 1.83 bits per heavy atom. The van der Waals surface area contributed by atoms with E-state index in [9.17, 15) is 0 Å². The highest BCUT2D eigenvalue weighted by molar-refractivity contribution is 5.42. The van der Waals surface area contributed by atoms with E-state index in [4.69, 9.17) is 9.84 Å². The summed E-state index contributed by atoms with van der Waals surface area (Å²) in [4.78, 5) is 0. The zero-order valence-electron chi connectivity index (χ0n) is 14.7. The van der Waals surface area contributed by atoms with Crippen molar-refractivity contribution in [2.75, 3.05) is 13.2 Å². The standard InChI is InChI=1S/C20H27N3O/c1-14-10-15(2)12-17(11-14)23-20-5-3-4-19(18(20)13-21-23)22-16-6-8-24-9-7-16/h10-13,16,19,22H,3-9H2,1-2H3. The van der Waals surface area contributed by atoms with E-state index < -0.39 is 0 Å². The maximum absolute atomic E-state index is 5.49. The van der Waals surface area contributed by atoms with E-state index in [0.29, 0.717) is 12.1 Å². The van der Waals surface area contributed by atoms with E-state index in [1.54, 1.807) is 0 Å². The maximum atomic E-state index is 5.49. The smallest absolute Gasteiger partial charge is 0.0654 e. The van der Waals surface area contributed by atoms with Gasteiger partial charge in [0, 0.05) is 36.6 Å². The molecule has 2 aliphatic rings. The molecule has 4 rings (SSSR count). The second-order valence-electron chi connectivity index (χ2n) is 7.30. The molecule has 0 amide bonds. The minimum absolute atomic E-state index is 0.441. The molecule has 24 heavy (non-hydrogen) atoms. The number of fused-ring (bicyclic) bond motifs is 1. The van der Waals surface area contributed by atoms with Crippen LogP contribution in [0.3, 0.4) is 0 Å². The predicted molar refractivity (Wildman–Crippen MR) is 95.7 cm³/mol. The first-order chi connectivity index (χ1) is 11.7. The van der Waals surface area contributed by atoms with Crippen molar-refractivity contribution >= 4 is 0 Å². The highest BCUT2D eigenvalue weighted by Gasteiger charge is 2.27. The van der Waals surface area contributed by atoms with Crippen molar-refractivity contribution in [3.63, 3.8) is 0 Å². The van der Waals surface area contributed by atoms with Crippen molar-refractivity contribution in [3.05, 3.63) is 46.8 Å². The van der Waals surface area contributed by atoms with Crippen LogP contribution in [0, 0.1) is 13.8 Å². The summed E-state index contributed by atoms with van der Waals surface area (Å²) < 4.78 is 7.65. The third kappa shape index (κ3) is 3.13. The van der Waals surface area contributed by atoms with Gasteiger partial charge in [0.2, 0.25) is 0 Å². The molecule has 4 heteroatoms. The Bertz CT molecular complexity index is 695. The van der Waals surface area contributed by atoms with Gasteiger partial charge in [0.1, 0.15) is 0 Å². The molecular formula is C20H27N3O. The fourth-order valence-electron chi connectivity index (χ4n) is 4.17. The molecular weight excluding hydrogens is 298 g/mol. The van der Waals surface area contributed by atoms with Gasteiger partial charge in [-0.2, -0.15) is 5.10 Å². The highest BCUT2D eigenvalue weighted by Crippen LogP contribution is 2.32. The fourth-order valence-corrected chi connectivity index (χ4v) is 4.17. The Morgan fingerprint density at radius 3 is 2.58 bits per heavy atom. The summed E-state index contributed by atoms with van der Waals surface area (Å²) in [6.07, 6.45) is 7.89. The Kier molecular flexibility index (Phi) is 4.42. The molecule has 1 aromatic heterocycles. The minimum atomic E-state index is 0.441. The van der Waals surface area contributed by atoms with Crippen molar-refractivity contribution in [1.29, 1.82) is 0 Å². The van der Waals surface area contributed by atoms with Crippen LogP contribution in [0.15, 0.2) is 24.4 Å². The lowest BCUT2D eigenvalue weighted by Gasteiger charge is -2.31. The van der Waals surface area contributed by atoms with Crippen molar-refractivity contribution in [2.45, 2.75) is 58.0 Å². The topological polar surface area (TPSA) is 39.1 Å². The quantitative estimate of drug-likeness (QED) is 0.936. The lowest BCUT2D eigenvalue weighted by molar-refractivity contribution is 0.0741. The molecule has 0 saturated carbocycles. The molecule has 1 saturated heterocycles. The summed E-state index contributed by atoms with van der Waals surface area (Å²) in [5.41, 5.74) is 6.56. The molecule has 1 unspecified atom stereocenters. The number of aromatic nitrogens is 2. The first kappa shape index (κ1) is 15.9. The largest absolute Gasteiger partial charge is 0.381 e. The molecule has 0 spiro atoms. The van der Waals surface area contributed by atoms with Crippen LogP contribution >= 0.6 is 0 Å². The molecule has 0 bridgehead atoms. The van der Waals surface area contributed by atoms with E-state index in [2.05, 4.69) is 48.2 Å². The summed E-state index contributed by atoms with van der Waals surface area (Å²) >= 11 is 0. The molecule has 1 aliphatic carbocycles. The predicted octanol–water partition coefficient (Wildman–Crippen LogP) is 3.64. The normalized spacial score (nSPS) is 21.7. The van der Waals surface area contributed by atoms with E-state index in [0.717, 1.165) is 32.5 Å². The van der Waals surface area contributed by atoms with Crippen molar-refractivity contribution in [3.8, 4) is 5.69 Å². The van der Waals surface area contributed by atoms with Crippen LogP contribution in [0.5, 0.6) is 0 Å². The van der Waals surface area contributed by atoms with E-state index in [1.165, 1.54) is 40.9 Å². The van der Waals surface area contributed by atoms with Crippen LogP contribution in [0.4, 0.5) is 0 Å². The van der Waals surface area contributed by atoms with Crippen molar-refractivity contribution in [1.82, 2.24) is 15.1 Å². The number of ether oxygens (including phenoxy) is 1. The fraction of sp³-hybridized carbons (Fsp3) is 0.550. The Hall–Kier alpha value is -1.65. The van der Waals surface area contributed by atoms with Crippen LogP contribution < -0.4 is 5.32 Å². The van der Waals surface area contributed by atoms with Crippen LogP contribution in [0.1, 0.15) is 54.1 Å². The van der Waals surface area contributed by atoms with Gasteiger partial charge in [0.05, 0.1) is 11.9 Å². The number of rotatable bonds is 3. The zero-order valence-corrected chi connectivity index (χ0v) is 14.7. The Morgan fingerprint density at radius 1 is 1.08 bits per heavy atom. The third-order valence-corrected chi connectivity index (χ3v) is 5.29. The number of nitrogens with zero attached hydrogens (tertiary/aromatic N) is 2. The summed E-state index contributed by atoms with van der Waals surface area (Å²) in [5, 5.41) is 8.61. The minimum Gasteiger partial charge on any atom is -0.381 e. The number of hydrogen-bond donors (Lipinski definition) is 1. The molecule has 1 atom stereocenters. The van der Waals surface area contributed by atoms with Crippen molar-refractivity contribution in [2.24, 2.45) is 0 Å². The van der Waals surface area contributed by atoms with Crippen LogP contribution in [-0.4, -0.2) is 29.0 Å². The maximum Gasteiger partial charge on any atom is 0.0654 e. The third-order valence-electron chi connectivity index (χ3n) is 5.29. The van der Waals surface area contributed by atoms with Gasteiger partial charge in [-0.05, 0) is 69.2 Å². The Balaban J connectivity index is 1.61. The monoisotopic (exact) mass is 325 g/mol. The lowest BCUT2D eigenvalue weighted by atomic mass is 9.91. The van der Waals surface area contributed by atoms with E-state index in [-0.39, 0.29) is 0 Å². The average molecular weight is 325 g/mol. The first-order valence-electron chi connectivity index (χ1n) is 9.20. The van der Waals surface area contributed by atoms with Crippen molar-refractivity contribution < 1.29 is 4.74 Å². The lowest BCUT2D eigenvalue weighted by Crippen LogP contribution is -2.38. The number of nitrogens with one attached hydrogen (secondary N) is 1. The summed E-state index contributed by atoms with van der Waals surface area (Å²) in [5.74, 6) is 0. The second kappa shape index (κ2) is 6.69. The number of benzene rings is 1. The van der Waals surface area contributed by atoms with Gasteiger partial charge in [-0.15, -0.1) is 0 Å². The molecule has 1 fully saturated rings. The van der Waals surface area contributed by atoms with Crippen LogP contribution in [-0.2, 0) is 11.2 Å². The summed E-state index contributed by atoms with van der Waals surface area (Å²) in [7, 11) is 0. The van der Waals surface area contributed by atoms with Gasteiger partial charge in [-0.1, -0.05) is 6.07 Å². The molecule has 128 valence electrons. The summed E-state index contributed by atoms with van der Waals surface area (Å²) in [6, 6.07) is 7.70. The SMILES string of the molecule is Cc1cc(C)cc(-n2ncc3c2CCCC3NC2CCOCC2)c1. The first-order valence-corrected chi connectivity index (χ1v) is 9.20. The second-order valence-corrected chi connectivity index (χ2v) is 7.30. The van der Waals surface area contributed by atoms with Crippen LogP contribution in [0.2, 0.25) is 0 Å². The van der Waals surface area contributed by atoms with Gasteiger partial charge in [-0.3, -0.25) is 0 Å².